The molecule has 0 aliphatic rings. The van der Waals surface area contributed by atoms with Crippen molar-refractivity contribution >= 4 is 15.9 Å². The summed E-state index contributed by atoms with van der Waals surface area (Å²) in [5.74, 6) is -1.08. The SMILES string of the molecule is Cc1ccccc1-c1[nH]nnc1C(=O)O.P. The summed E-state index contributed by atoms with van der Waals surface area (Å²) in [5.41, 5.74) is 2.18. The first kappa shape index (κ1) is 12.3. The number of aromatic nitrogens is 3. The van der Waals surface area contributed by atoms with E-state index in [1.165, 1.54) is 0 Å². The smallest absolute Gasteiger partial charge is 0.358 e. The lowest BCUT2D eigenvalue weighted by atomic mass is 10.0. The molecule has 0 spiro atoms. The molecule has 2 aromatic rings. The highest BCUT2D eigenvalue weighted by molar-refractivity contribution is 6.92. The molecular formula is C10H12N3O2P. The molecule has 2 N–H and O–H groups in total. The highest BCUT2D eigenvalue weighted by Crippen LogP contribution is 2.22. The number of nitrogens with one attached hydrogen (secondary N) is 1. The molecule has 84 valence electrons. The van der Waals surface area contributed by atoms with Crippen LogP contribution >= 0.6 is 9.90 Å². The van der Waals surface area contributed by atoms with E-state index in [2.05, 4.69) is 15.4 Å². The number of hydrogen-bond acceptors (Lipinski definition) is 3. The third kappa shape index (κ3) is 2.09. The van der Waals surface area contributed by atoms with Crippen molar-refractivity contribution in [1.82, 2.24) is 15.4 Å². The van der Waals surface area contributed by atoms with E-state index >= 15 is 0 Å². The maximum absolute atomic E-state index is 10.8. The van der Waals surface area contributed by atoms with Crippen LogP contribution in [-0.4, -0.2) is 26.5 Å². The van der Waals surface area contributed by atoms with Crippen LogP contribution in [0.1, 0.15) is 16.1 Å². The van der Waals surface area contributed by atoms with Gasteiger partial charge in [0.25, 0.3) is 0 Å². The number of nitrogens with zero attached hydrogens (tertiary/aromatic N) is 2. The maximum atomic E-state index is 10.8. The Kier molecular flexibility index (Phi) is 3.74. The van der Waals surface area contributed by atoms with Crippen molar-refractivity contribution in [1.29, 1.82) is 0 Å². The van der Waals surface area contributed by atoms with Crippen molar-refractivity contribution in [2.45, 2.75) is 6.92 Å². The van der Waals surface area contributed by atoms with Gasteiger partial charge < -0.3 is 5.11 Å². The molecular weight excluding hydrogens is 225 g/mol. The van der Waals surface area contributed by atoms with Gasteiger partial charge in [0.2, 0.25) is 0 Å². The topological polar surface area (TPSA) is 78.9 Å². The van der Waals surface area contributed by atoms with Crippen molar-refractivity contribution in [2.75, 3.05) is 0 Å². The lowest BCUT2D eigenvalue weighted by Crippen LogP contribution is -1.99. The van der Waals surface area contributed by atoms with Gasteiger partial charge in [0.1, 0.15) is 5.69 Å². The molecule has 1 atom stereocenters. The first-order valence-electron chi connectivity index (χ1n) is 4.40. The Morgan fingerprint density at radius 2 is 2.06 bits per heavy atom. The fourth-order valence-electron chi connectivity index (χ4n) is 1.42. The second-order valence-electron chi connectivity index (χ2n) is 3.16. The van der Waals surface area contributed by atoms with Crippen molar-refractivity contribution < 1.29 is 9.90 Å². The molecule has 0 saturated heterocycles. The minimum Gasteiger partial charge on any atom is -0.476 e. The standard InChI is InChI=1S/C10H9N3O2.H3P/c1-6-4-2-3-5-7(6)8-9(10(14)15)12-13-11-8;/h2-5H,1H3,(H,14,15)(H,11,12,13);1H3. The van der Waals surface area contributed by atoms with Crippen LogP contribution in [0.2, 0.25) is 0 Å². The Labute approximate surface area is 95.5 Å². The normalized spacial score (nSPS) is 9.56. The Hall–Kier alpha value is -1.74. The zero-order valence-electron chi connectivity index (χ0n) is 8.77. The summed E-state index contributed by atoms with van der Waals surface area (Å²) in [6, 6.07) is 7.47. The minimum atomic E-state index is -1.08. The zero-order valence-corrected chi connectivity index (χ0v) is 10.2. The molecule has 5 nitrogen and oxygen atoms in total. The highest BCUT2D eigenvalue weighted by Gasteiger charge is 2.16. The van der Waals surface area contributed by atoms with Crippen molar-refractivity contribution in [3.63, 3.8) is 0 Å². The highest BCUT2D eigenvalue weighted by atomic mass is 31.0. The van der Waals surface area contributed by atoms with Gasteiger partial charge in [0, 0.05) is 5.56 Å². The molecule has 6 heteroatoms. The second kappa shape index (κ2) is 4.86. The van der Waals surface area contributed by atoms with Crippen LogP contribution in [0.3, 0.4) is 0 Å². The number of H-pyrrole nitrogens is 1. The van der Waals surface area contributed by atoms with Gasteiger partial charge in [-0.1, -0.05) is 29.5 Å². The number of carboxylic acid groups (broad SMARTS) is 1. The summed E-state index contributed by atoms with van der Waals surface area (Å²) in [7, 11) is 0. The van der Waals surface area contributed by atoms with E-state index in [1.807, 2.05) is 31.2 Å². The number of rotatable bonds is 2. The number of benzene rings is 1. The third-order valence-electron chi connectivity index (χ3n) is 2.17. The summed E-state index contributed by atoms with van der Waals surface area (Å²) >= 11 is 0. The molecule has 0 aliphatic carbocycles. The van der Waals surface area contributed by atoms with E-state index in [0.29, 0.717) is 5.69 Å². The second-order valence-corrected chi connectivity index (χ2v) is 3.16. The van der Waals surface area contributed by atoms with Gasteiger partial charge in [0.05, 0.1) is 0 Å². The molecule has 0 radical (unpaired) electrons. The largest absolute Gasteiger partial charge is 0.476 e. The molecule has 1 aromatic heterocycles. The van der Waals surface area contributed by atoms with E-state index in [-0.39, 0.29) is 15.6 Å². The number of aryl methyl sites for hydroxylation is 1. The minimum absolute atomic E-state index is 0. The average molecular weight is 237 g/mol. The van der Waals surface area contributed by atoms with E-state index < -0.39 is 5.97 Å². The van der Waals surface area contributed by atoms with Crippen molar-refractivity contribution in [3.05, 3.63) is 35.5 Å². The summed E-state index contributed by atoms with van der Waals surface area (Å²) < 4.78 is 0. The van der Waals surface area contributed by atoms with E-state index in [0.717, 1.165) is 11.1 Å². The number of hydrogen-bond donors (Lipinski definition) is 2. The van der Waals surface area contributed by atoms with Crippen LogP contribution in [0.25, 0.3) is 11.3 Å². The molecule has 0 saturated carbocycles. The summed E-state index contributed by atoms with van der Waals surface area (Å²) in [6.07, 6.45) is 0. The first-order valence-corrected chi connectivity index (χ1v) is 4.40. The number of aromatic carboxylic acids is 1. The Bertz CT molecular complexity index is 510. The van der Waals surface area contributed by atoms with Gasteiger partial charge >= 0.3 is 5.97 Å². The lowest BCUT2D eigenvalue weighted by molar-refractivity contribution is 0.0691. The fourth-order valence-corrected chi connectivity index (χ4v) is 1.42. The van der Waals surface area contributed by atoms with E-state index in [9.17, 15) is 4.79 Å². The molecule has 0 bridgehead atoms. The Balaban J connectivity index is 0.00000128. The van der Waals surface area contributed by atoms with Crippen LogP contribution in [0.15, 0.2) is 24.3 Å². The third-order valence-corrected chi connectivity index (χ3v) is 2.17. The molecule has 0 aliphatic heterocycles. The molecule has 1 unspecified atom stereocenters. The molecule has 1 aromatic carbocycles. The number of carboxylic acids is 1. The molecule has 2 rings (SSSR count). The van der Waals surface area contributed by atoms with Gasteiger partial charge in [-0.25, -0.2) is 4.79 Å². The fraction of sp³-hybridized carbons (Fsp3) is 0.100. The van der Waals surface area contributed by atoms with Crippen LogP contribution in [-0.2, 0) is 0 Å². The zero-order chi connectivity index (χ0) is 10.8. The summed E-state index contributed by atoms with van der Waals surface area (Å²) in [5, 5.41) is 18.5. The van der Waals surface area contributed by atoms with Crippen LogP contribution in [0.4, 0.5) is 0 Å². The monoisotopic (exact) mass is 237 g/mol. The van der Waals surface area contributed by atoms with Gasteiger partial charge in [0.15, 0.2) is 5.69 Å². The quantitative estimate of drug-likeness (QED) is 0.776. The molecule has 1 heterocycles. The van der Waals surface area contributed by atoms with Crippen LogP contribution in [0.5, 0.6) is 0 Å². The predicted octanol–water partition coefficient (Wildman–Crippen LogP) is 1.54. The lowest BCUT2D eigenvalue weighted by Gasteiger charge is -2.02. The van der Waals surface area contributed by atoms with E-state index in [4.69, 9.17) is 5.11 Å². The van der Waals surface area contributed by atoms with Gasteiger partial charge in [-0.2, -0.15) is 9.90 Å². The number of carbonyl (C=O) groups is 1. The van der Waals surface area contributed by atoms with Crippen molar-refractivity contribution in [3.8, 4) is 11.3 Å². The Morgan fingerprint density at radius 1 is 1.38 bits per heavy atom. The maximum Gasteiger partial charge on any atom is 0.358 e. The summed E-state index contributed by atoms with van der Waals surface area (Å²) in [6.45, 7) is 1.90. The Morgan fingerprint density at radius 3 is 2.69 bits per heavy atom. The summed E-state index contributed by atoms with van der Waals surface area (Å²) in [4.78, 5) is 10.8. The number of aromatic amines is 1. The molecule has 0 fully saturated rings. The van der Waals surface area contributed by atoms with Gasteiger partial charge in [-0.05, 0) is 12.5 Å². The first-order chi connectivity index (χ1) is 7.20. The van der Waals surface area contributed by atoms with E-state index in [1.54, 1.807) is 0 Å². The average Bonchev–Trinajstić information content (AvgIpc) is 2.67. The van der Waals surface area contributed by atoms with Crippen LogP contribution < -0.4 is 0 Å². The molecule has 16 heavy (non-hydrogen) atoms. The molecule has 0 amide bonds. The van der Waals surface area contributed by atoms with Gasteiger partial charge in [-0.15, -0.1) is 5.10 Å². The van der Waals surface area contributed by atoms with Crippen LogP contribution in [0, 0.1) is 6.92 Å². The van der Waals surface area contributed by atoms with Gasteiger partial charge in [-0.3, -0.25) is 5.10 Å². The predicted molar refractivity (Wildman–Crippen MR) is 64.6 cm³/mol. The van der Waals surface area contributed by atoms with Crippen molar-refractivity contribution in [2.24, 2.45) is 0 Å².